The molecule has 33 heavy (non-hydrogen) atoms. The van der Waals surface area contributed by atoms with Gasteiger partial charge in [-0.1, -0.05) is 6.07 Å². The Labute approximate surface area is 196 Å². The highest BCUT2D eigenvalue weighted by Crippen LogP contribution is 2.26. The molecule has 3 saturated heterocycles. The summed E-state index contributed by atoms with van der Waals surface area (Å²) in [5.41, 5.74) is 0. The molecule has 1 unspecified atom stereocenters. The van der Waals surface area contributed by atoms with Gasteiger partial charge in [0.2, 0.25) is 11.9 Å². The number of carbonyl (C=O) groups is 1. The number of hydrogen-bond acceptors (Lipinski definition) is 7. The molecule has 2 aromatic heterocycles. The molecule has 0 saturated carbocycles. The van der Waals surface area contributed by atoms with Crippen molar-refractivity contribution in [2.24, 2.45) is 11.8 Å². The molecule has 2 aromatic rings. The Hall–Kier alpha value is -2.74. The van der Waals surface area contributed by atoms with E-state index in [1.165, 1.54) is 6.42 Å². The minimum atomic E-state index is 0.144. The maximum atomic E-state index is 13.3. The number of anilines is 2. The van der Waals surface area contributed by atoms with E-state index in [1.807, 2.05) is 18.3 Å². The lowest BCUT2D eigenvalue weighted by atomic mass is 9.92. The number of nitrogens with zero attached hydrogens (tertiary/aromatic N) is 7. The summed E-state index contributed by atoms with van der Waals surface area (Å²) in [7, 11) is 0. The van der Waals surface area contributed by atoms with Crippen LogP contribution in [0, 0.1) is 11.8 Å². The van der Waals surface area contributed by atoms with E-state index in [1.54, 1.807) is 12.4 Å². The number of amides is 1. The van der Waals surface area contributed by atoms with Gasteiger partial charge in [-0.2, -0.15) is 0 Å². The van der Waals surface area contributed by atoms with E-state index in [-0.39, 0.29) is 5.92 Å². The molecule has 0 spiro atoms. The van der Waals surface area contributed by atoms with Crippen LogP contribution in [-0.2, 0) is 4.79 Å². The number of pyridine rings is 1. The molecule has 0 radical (unpaired) electrons. The van der Waals surface area contributed by atoms with Crippen LogP contribution in [0.15, 0.2) is 42.9 Å². The molecule has 3 aliphatic heterocycles. The van der Waals surface area contributed by atoms with Crippen molar-refractivity contribution in [1.29, 1.82) is 0 Å². The number of piperidine rings is 2. The van der Waals surface area contributed by atoms with Crippen molar-refractivity contribution in [2.45, 2.75) is 25.7 Å². The molecule has 3 aliphatic rings. The first-order valence-electron chi connectivity index (χ1n) is 12.5. The van der Waals surface area contributed by atoms with Gasteiger partial charge in [-0.3, -0.25) is 9.69 Å². The smallest absolute Gasteiger partial charge is 0.225 e. The lowest BCUT2D eigenvalue weighted by molar-refractivity contribution is -0.138. The number of piperazine rings is 1. The summed E-state index contributed by atoms with van der Waals surface area (Å²) in [5.74, 6) is 2.96. The van der Waals surface area contributed by atoms with E-state index in [9.17, 15) is 4.79 Å². The van der Waals surface area contributed by atoms with Gasteiger partial charge in [0.05, 0.1) is 0 Å². The zero-order valence-corrected chi connectivity index (χ0v) is 19.4. The molecule has 3 fully saturated rings. The van der Waals surface area contributed by atoms with Gasteiger partial charge < -0.3 is 14.7 Å². The highest BCUT2D eigenvalue weighted by Gasteiger charge is 2.32. The number of rotatable bonds is 5. The molecule has 5 heterocycles. The molecule has 0 N–H and O–H groups in total. The molecule has 5 rings (SSSR count). The van der Waals surface area contributed by atoms with Gasteiger partial charge in [0.25, 0.3) is 0 Å². The van der Waals surface area contributed by atoms with Crippen LogP contribution in [0.5, 0.6) is 0 Å². The molecule has 176 valence electrons. The SMILES string of the molecule is O=C(C1CCN(c2ncccn2)CC1)N1CCCC(CN2CCN(c3ccccn3)CC2)C1. The molecule has 1 amide bonds. The second kappa shape index (κ2) is 10.5. The van der Waals surface area contributed by atoms with E-state index in [0.29, 0.717) is 11.8 Å². The number of aromatic nitrogens is 3. The summed E-state index contributed by atoms with van der Waals surface area (Å²) < 4.78 is 0. The van der Waals surface area contributed by atoms with Crippen molar-refractivity contribution in [3.8, 4) is 0 Å². The first kappa shape index (κ1) is 22.1. The zero-order chi connectivity index (χ0) is 22.5. The monoisotopic (exact) mass is 449 g/mol. The minimum Gasteiger partial charge on any atom is -0.354 e. The minimum absolute atomic E-state index is 0.144. The van der Waals surface area contributed by atoms with Crippen LogP contribution < -0.4 is 9.80 Å². The molecule has 1 atom stereocenters. The van der Waals surface area contributed by atoms with Gasteiger partial charge in [-0.05, 0) is 49.8 Å². The van der Waals surface area contributed by atoms with Crippen LogP contribution in [0.25, 0.3) is 0 Å². The fourth-order valence-corrected chi connectivity index (χ4v) is 5.52. The maximum Gasteiger partial charge on any atom is 0.225 e. The predicted octanol–water partition coefficient (Wildman–Crippen LogP) is 2.15. The third-order valence-corrected chi connectivity index (χ3v) is 7.37. The molecule has 8 heteroatoms. The summed E-state index contributed by atoms with van der Waals surface area (Å²) in [6, 6.07) is 7.96. The van der Waals surface area contributed by atoms with E-state index < -0.39 is 0 Å². The molecule has 0 aliphatic carbocycles. The average Bonchev–Trinajstić information content (AvgIpc) is 2.90. The lowest BCUT2D eigenvalue weighted by Crippen LogP contribution is -2.51. The normalized spacial score (nSPS) is 23.0. The van der Waals surface area contributed by atoms with Crippen molar-refractivity contribution in [3.05, 3.63) is 42.9 Å². The van der Waals surface area contributed by atoms with Crippen LogP contribution in [0.3, 0.4) is 0 Å². The van der Waals surface area contributed by atoms with Crippen molar-refractivity contribution >= 4 is 17.7 Å². The molecule has 8 nitrogen and oxygen atoms in total. The Balaban J connectivity index is 1.08. The summed E-state index contributed by atoms with van der Waals surface area (Å²) in [4.78, 5) is 35.8. The Kier molecular flexibility index (Phi) is 7.00. The van der Waals surface area contributed by atoms with Crippen LogP contribution in [0.2, 0.25) is 0 Å². The largest absolute Gasteiger partial charge is 0.354 e. The topological polar surface area (TPSA) is 68.7 Å². The van der Waals surface area contributed by atoms with Crippen molar-refractivity contribution in [1.82, 2.24) is 24.8 Å². The third kappa shape index (κ3) is 5.43. The zero-order valence-electron chi connectivity index (χ0n) is 19.4. The summed E-state index contributed by atoms with van der Waals surface area (Å²) >= 11 is 0. The van der Waals surface area contributed by atoms with Gasteiger partial charge in [0.15, 0.2) is 0 Å². The van der Waals surface area contributed by atoms with Gasteiger partial charge >= 0.3 is 0 Å². The second-order valence-electron chi connectivity index (χ2n) is 9.58. The summed E-state index contributed by atoms with van der Waals surface area (Å²) in [6.07, 6.45) is 9.59. The standard InChI is InChI=1S/C25H35N7O/c33-24(22-7-13-31(14-8-22)25-27-10-4-11-28-25)32-12-3-5-21(20-32)19-29-15-17-30(18-16-29)23-6-1-2-9-26-23/h1-2,4,6,9-11,21-22H,3,5,7-8,12-20H2. The lowest BCUT2D eigenvalue weighted by Gasteiger charge is -2.41. The van der Waals surface area contributed by atoms with E-state index in [2.05, 4.69) is 46.7 Å². The van der Waals surface area contributed by atoms with Crippen molar-refractivity contribution in [2.75, 3.05) is 68.7 Å². The fraction of sp³-hybridized carbons (Fsp3) is 0.600. The summed E-state index contributed by atoms with van der Waals surface area (Å²) in [5, 5.41) is 0. The molecule has 0 aromatic carbocycles. The fourth-order valence-electron chi connectivity index (χ4n) is 5.52. The third-order valence-electron chi connectivity index (χ3n) is 7.37. The molecular weight excluding hydrogens is 414 g/mol. The summed E-state index contributed by atoms with van der Waals surface area (Å²) in [6.45, 7) is 8.85. The van der Waals surface area contributed by atoms with Gasteiger partial charge in [-0.15, -0.1) is 0 Å². The van der Waals surface area contributed by atoms with Gasteiger partial charge in [0.1, 0.15) is 5.82 Å². The molecule has 0 bridgehead atoms. The average molecular weight is 450 g/mol. The van der Waals surface area contributed by atoms with E-state index in [4.69, 9.17) is 0 Å². The van der Waals surface area contributed by atoms with Crippen LogP contribution in [0.4, 0.5) is 11.8 Å². The Morgan fingerprint density at radius 2 is 1.58 bits per heavy atom. The van der Waals surface area contributed by atoms with E-state index in [0.717, 1.165) is 89.9 Å². The number of carbonyl (C=O) groups excluding carboxylic acids is 1. The van der Waals surface area contributed by atoms with Crippen LogP contribution in [0.1, 0.15) is 25.7 Å². The van der Waals surface area contributed by atoms with Crippen LogP contribution >= 0.6 is 0 Å². The molecular formula is C25H35N7O. The van der Waals surface area contributed by atoms with Crippen LogP contribution in [-0.4, -0.2) is 89.6 Å². The number of hydrogen-bond donors (Lipinski definition) is 0. The highest BCUT2D eigenvalue weighted by molar-refractivity contribution is 5.79. The second-order valence-corrected chi connectivity index (χ2v) is 9.58. The van der Waals surface area contributed by atoms with Gasteiger partial charge in [0, 0.05) is 83.4 Å². The first-order chi connectivity index (χ1) is 16.3. The Morgan fingerprint density at radius 1 is 0.818 bits per heavy atom. The van der Waals surface area contributed by atoms with Gasteiger partial charge in [-0.25, -0.2) is 15.0 Å². The van der Waals surface area contributed by atoms with Crippen molar-refractivity contribution in [3.63, 3.8) is 0 Å². The first-order valence-corrected chi connectivity index (χ1v) is 12.5. The van der Waals surface area contributed by atoms with E-state index >= 15 is 0 Å². The maximum absolute atomic E-state index is 13.3. The predicted molar refractivity (Wildman–Crippen MR) is 129 cm³/mol. The quantitative estimate of drug-likeness (QED) is 0.693. The van der Waals surface area contributed by atoms with Crippen molar-refractivity contribution < 1.29 is 4.79 Å². The Bertz CT molecular complexity index is 880. The Morgan fingerprint density at radius 3 is 2.30 bits per heavy atom. The highest BCUT2D eigenvalue weighted by atomic mass is 16.2. The number of likely N-dealkylation sites (tertiary alicyclic amines) is 1.